The molecule has 110 valence electrons. The first kappa shape index (κ1) is 14.8. The SMILES string of the molecule is CC(C)Oc1cccc2c1[nH]c(=S)n2Cc1cc(Br)cs1. The Morgan fingerprint density at radius 3 is 2.90 bits per heavy atom. The lowest BCUT2D eigenvalue weighted by Crippen LogP contribution is -2.05. The van der Waals surface area contributed by atoms with E-state index in [2.05, 4.69) is 43.0 Å². The summed E-state index contributed by atoms with van der Waals surface area (Å²) in [5, 5.41) is 2.08. The van der Waals surface area contributed by atoms with E-state index in [1.165, 1.54) is 4.88 Å². The fraction of sp³-hybridized carbons (Fsp3) is 0.267. The summed E-state index contributed by atoms with van der Waals surface area (Å²) in [4.78, 5) is 4.53. The average molecular weight is 383 g/mol. The van der Waals surface area contributed by atoms with E-state index in [9.17, 15) is 0 Å². The van der Waals surface area contributed by atoms with Crippen LogP contribution >= 0.6 is 39.5 Å². The summed E-state index contributed by atoms with van der Waals surface area (Å²) in [5.41, 5.74) is 2.04. The highest BCUT2D eigenvalue weighted by atomic mass is 79.9. The molecule has 0 saturated carbocycles. The minimum Gasteiger partial charge on any atom is -0.489 e. The molecule has 3 rings (SSSR count). The molecule has 0 fully saturated rings. The first-order chi connectivity index (χ1) is 10.0. The quantitative estimate of drug-likeness (QED) is 0.615. The Hall–Kier alpha value is -1.11. The Labute approximate surface area is 140 Å². The summed E-state index contributed by atoms with van der Waals surface area (Å²) in [5.74, 6) is 0.847. The fourth-order valence-corrected chi connectivity index (χ4v) is 3.96. The highest BCUT2D eigenvalue weighted by molar-refractivity contribution is 9.10. The average Bonchev–Trinajstić information content (AvgIpc) is 2.96. The molecule has 0 unspecified atom stereocenters. The van der Waals surface area contributed by atoms with E-state index in [4.69, 9.17) is 17.0 Å². The van der Waals surface area contributed by atoms with Gasteiger partial charge >= 0.3 is 0 Å². The molecule has 0 atom stereocenters. The van der Waals surface area contributed by atoms with E-state index in [0.717, 1.165) is 27.8 Å². The summed E-state index contributed by atoms with van der Waals surface area (Å²) in [6.07, 6.45) is 0.133. The second kappa shape index (κ2) is 5.94. The summed E-state index contributed by atoms with van der Waals surface area (Å²) in [6, 6.07) is 8.17. The molecule has 0 saturated heterocycles. The van der Waals surface area contributed by atoms with Gasteiger partial charge in [0.15, 0.2) is 4.77 Å². The molecule has 0 radical (unpaired) electrons. The van der Waals surface area contributed by atoms with Crippen LogP contribution in [0.2, 0.25) is 0 Å². The number of hydrogen-bond donors (Lipinski definition) is 1. The lowest BCUT2D eigenvalue weighted by molar-refractivity contribution is 0.245. The molecule has 0 aliphatic heterocycles. The van der Waals surface area contributed by atoms with Crippen molar-refractivity contribution < 1.29 is 4.74 Å². The third-order valence-corrected chi connectivity index (χ3v) is 5.08. The van der Waals surface area contributed by atoms with Crippen molar-refractivity contribution >= 4 is 50.5 Å². The van der Waals surface area contributed by atoms with Crippen molar-refractivity contribution in [3.63, 3.8) is 0 Å². The lowest BCUT2D eigenvalue weighted by Gasteiger charge is -2.10. The molecule has 0 spiro atoms. The standard InChI is InChI=1S/C15H15BrN2OS2/c1-9(2)19-13-5-3-4-12-14(13)17-15(20)18(12)7-11-6-10(16)8-21-11/h3-6,8-9H,7H2,1-2H3,(H,17,20). The molecule has 6 heteroatoms. The summed E-state index contributed by atoms with van der Waals surface area (Å²) in [7, 11) is 0. The zero-order valence-electron chi connectivity index (χ0n) is 11.7. The number of hydrogen-bond acceptors (Lipinski definition) is 3. The predicted molar refractivity (Wildman–Crippen MR) is 94.0 cm³/mol. The van der Waals surface area contributed by atoms with Crippen molar-refractivity contribution in [2.24, 2.45) is 0 Å². The smallest absolute Gasteiger partial charge is 0.178 e. The molecular weight excluding hydrogens is 368 g/mol. The zero-order chi connectivity index (χ0) is 15.0. The van der Waals surface area contributed by atoms with Gasteiger partial charge in [-0.25, -0.2) is 0 Å². The number of benzene rings is 1. The van der Waals surface area contributed by atoms with Crippen molar-refractivity contribution in [3.8, 4) is 5.75 Å². The van der Waals surface area contributed by atoms with Crippen LogP contribution in [-0.2, 0) is 6.54 Å². The van der Waals surface area contributed by atoms with E-state index in [1.54, 1.807) is 11.3 Å². The Morgan fingerprint density at radius 2 is 2.24 bits per heavy atom. The highest BCUT2D eigenvalue weighted by Crippen LogP contribution is 2.28. The van der Waals surface area contributed by atoms with Crippen molar-refractivity contribution in [1.29, 1.82) is 0 Å². The minimum atomic E-state index is 0.133. The number of nitrogens with one attached hydrogen (secondary N) is 1. The van der Waals surface area contributed by atoms with Gasteiger partial charge in [0, 0.05) is 14.7 Å². The van der Waals surface area contributed by atoms with Gasteiger partial charge in [0.1, 0.15) is 11.3 Å². The van der Waals surface area contributed by atoms with Crippen LogP contribution in [0.15, 0.2) is 34.1 Å². The van der Waals surface area contributed by atoms with Gasteiger partial charge in [-0.1, -0.05) is 6.07 Å². The van der Waals surface area contributed by atoms with Gasteiger partial charge in [-0.05, 0) is 60.2 Å². The Balaban J connectivity index is 2.07. The largest absolute Gasteiger partial charge is 0.489 e. The summed E-state index contributed by atoms with van der Waals surface area (Å²) < 4.78 is 9.79. The number of H-pyrrole nitrogens is 1. The molecular formula is C15H15BrN2OS2. The molecule has 3 nitrogen and oxygen atoms in total. The Morgan fingerprint density at radius 1 is 1.43 bits per heavy atom. The summed E-state index contributed by atoms with van der Waals surface area (Å²) in [6.45, 7) is 4.81. The van der Waals surface area contributed by atoms with Crippen LogP contribution in [0.1, 0.15) is 18.7 Å². The molecule has 0 aliphatic rings. The van der Waals surface area contributed by atoms with Crippen LogP contribution in [-0.4, -0.2) is 15.7 Å². The molecule has 0 bridgehead atoms. The van der Waals surface area contributed by atoms with E-state index >= 15 is 0 Å². The van der Waals surface area contributed by atoms with Gasteiger partial charge in [-0.15, -0.1) is 11.3 Å². The maximum absolute atomic E-state index is 5.85. The van der Waals surface area contributed by atoms with Crippen LogP contribution in [0.3, 0.4) is 0 Å². The van der Waals surface area contributed by atoms with Crippen LogP contribution in [0.5, 0.6) is 5.75 Å². The lowest BCUT2D eigenvalue weighted by atomic mass is 10.3. The fourth-order valence-electron chi connectivity index (χ4n) is 2.26. The van der Waals surface area contributed by atoms with Gasteiger partial charge in [0.2, 0.25) is 0 Å². The monoisotopic (exact) mass is 382 g/mol. The molecule has 3 aromatic rings. The van der Waals surface area contributed by atoms with Crippen molar-refractivity contribution in [3.05, 3.63) is 43.8 Å². The summed E-state index contributed by atoms with van der Waals surface area (Å²) >= 11 is 10.7. The van der Waals surface area contributed by atoms with Crippen LogP contribution in [0.25, 0.3) is 11.0 Å². The molecule has 0 aliphatic carbocycles. The second-order valence-corrected chi connectivity index (χ2v) is 7.36. The van der Waals surface area contributed by atoms with E-state index < -0.39 is 0 Å². The van der Waals surface area contributed by atoms with E-state index in [-0.39, 0.29) is 6.10 Å². The van der Waals surface area contributed by atoms with Crippen LogP contribution < -0.4 is 4.74 Å². The second-order valence-electron chi connectivity index (χ2n) is 5.06. The number of aromatic nitrogens is 2. The number of thiophene rings is 1. The van der Waals surface area contributed by atoms with Gasteiger partial charge in [-0.3, -0.25) is 0 Å². The first-order valence-corrected chi connectivity index (χ1v) is 8.74. The van der Waals surface area contributed by atoms with Gasteiger partial charge in [0.05, 0.1) is 18.2 Å². The molecule has 1 N–H and O–H groups in total. The van der Waals surface area contributed by atoms with Gasteiger partial charge < -0.3 is 14.3 Å². The molecule has 2 aromatic heterocycles. The van der Waals surface area contributed by atoms with Crippen molar-refractivity contribution in [2.45, 2.75) is 26.5 Å². The number of halogens is 1. The predicted octanol–water partition coefficient (Wildman–Crippen LogP) is 5.36. The Bertz CT molecular complexity index is 832. The molecule has 0 amide bonds. The topological polar surface area (TPSA) is 29.9 Å². The van der Waals surface area contributed by atoms with Crippen LogP contribution in [0.4, 0.5) is 0 Å². The highest BCUT2D eigenvalue weighted by Gasteiger charge is 2.11. The number of ether oxygens (including phenoxy) is 1. The van der Waals surface area contributed by atoms with Gasteiger partial charge in [0.25, 0.3) is 0 Å². The number of fused-ring (bicyclic) bond motifs is 1. The van der Waals surface area contributed by atoms with Crippen molar-refractivity contribution in [1.82, 2.24) is 9.55 Å². The third-order valence-electron chi connectivity index (χ3n) is 3.07. The number of imidazole rings is 1. The number of nitrogens with zero attached hydrogens (tertiary/aromatic N) is 1. The Kier molecular flexibility index (Phi) is 4.19. The van der Waals surface area contributed by atoms with Gasteiger partial charge in [-0.2, -0.15) is 0 Å². The zero-order valence-corrected chi connectivity index (χ0v) is 14.9. The molecule has 2 heterocycles. The maximum atomic E-state index is 5.85. The first-order valence-electron chi connectivity index (χ1n) is 6.65. The minimum absolute atomic E-state index is 0.133. The van der Waals surface area contributed by atoms with E-state index in [1.807, 2.05) is 26.0 Å². The number of aromatic amines is 1. The normalized spacial score (nSPS) is 11.4. The molecule has 21 heavy (non-hydrogen) atoms. The molecule has 1 aromatic carbocycles. The van der Waals surface area contributed by atoms with E-state index in [0.29, 0.717) is 4.77 Å². The number of para-hydroxylation sites is 1. The van der Waals surface area contributed by atoms with Crippen LogP contribution in [0, 0.1) is 4.77 Å². The number of rotatable bonds is 4. The van der Waals surface area contributed by atoms with Crippen molar-refractivity contribution in [2.75, 3.05) is 0 Å². The maximum Gasteiger partial charge on any atom is 0.178 e. The third kappa shape index (κ3) is 3.07.